The van der Waals surface area contributed by atoms with Crippen LogP contribution in [0.15, 0.2) is 36.9 Å². The summed E-state index contributed by atoms with van der Waals surface area (Å²) in [5, 5.41) is 3.21. The van der Waals surface area contributed by atoms with Crippen molar-refractivity contribution in [3.8, 4) is 0 Å². The van der Waals surface area contributed by atoms with Gasteiger partial charge in [-0.05, 0) is 37.2 Å². The van der Waals surface area contributed by atoms with Gasteiger partial charge in [0.15, 0.2) is 0 Å². The molecule has 0 saturated carbocycles. The normalized spacial score (nSPS) is 12.4. The minimum Gasteiger partial charge on any atom is -0.307 e. The topological polar surface area (TPSA) is 50.7 Å². The van der Waals surface area contributed by atoms with Crippen LogP contribution in [-0.4, -0.2) is 22.0 Å². The first kappa shape index (κ1) is 10.7. The van der Waals surface area contributed by atoms with Gasteiger partial charge in [0.25, 0.3) is 0 Å². The maximum atomic E-state index is 4.27. The van der Waals surface area contributed by atoms with E-state index in [-0.39, 0.29) is 6.04 Å². The van der Waals surface area contributed by atoms with Crippen molar-refractivity contribution in [3.63, 3.8) is 0 Å². The van der Waals surface area contributed by atoms with Crippen LogP contribution >= 0.6 is 0 Å². The highest BCUT2D eigenvalue weighted by Crippen LogP contribution is 2.20. The second kappa shape index (κ2) is 4.81. The third kappa shape index (κ3) is 2.06. The molecule has 4 nitrogen and oxygen atoms in total. The monoisotopic (exact) mass is 214 g/mol. The van der Waals surface area contributed by atoms with Crippen molar-refractivity contribution in [1.29, 1.82) is 0 Å². The van der Waals surface area contributed by atoms with Gasteiger partial charge < -0.3 is 5.32 Å². The predicted molar refractivity (Wildman–Crippen MR) is 61.9 cm³/mol. The lowest BCUT2D eigenvalue weighted by Gasteiger charge is -2.16. The molecule has 1 N–H and O–H groups in total. The Balaban J connectivity index is 2.41. The summed E-state index contributed by atoms with van der Waals surface area (Å²) in [6.07, 6.45) is 7.14. The average Bonchev–Trinajstić information content (AvgIpc) is 2.34. The highest BCUT2D eigenvalue weighted by molar-refractivity contribution is 5.29. The minimum atomic E-state index is -0.00472. The van der Waals surface area contributed by atoms with E-state index in [9.17, 15) is 0 Å². The van der Waals surface area contributed by atoms with Crippen molar-refractivity contribution >= 4 is 0 Å². The highest BCUT2D eigenvalue weighted by Gasteiger charge is 2.16. The first-order valence-electron chi connectivity index (χ1n) is 5.17. The molecule has 2 rings (SSSR count). The van der Waals surface area contributed by atoms with Crippen LogP contribution < -0.4 is 5.32 Å². The third-order valence-corrected chi connectivity index (χ3v) is 2.52. The fraction of sp³-hybridized carbons (Fsp3) is 0.250. The van der Waals surface area contributed by atoms with E-state index in [4.69, 9.17) is 0 Å². The van der Waals surface area contributed by atoms with E-state index in [2.05, 4.69) is 27.2 Å². The van der Waals surface area contributed by atoms with Crippen LogP contribution in [0, 0.1) is 6.92 Å². The number of hydrogen-bond donors (Lipinski definition) is 1. The van der Waals surface area contributed by atoms with E-state index in [1.54, 1.807) is 18.6 Å². The maximum absolute atomic E-state index is 4.27. The largest absolute Gasteiger partial charge is 0.307 e. The Morgan fingerprint density at radius 2 is 1.94 bits per heavy atom. The summed E-state index contributed by atoms with van der Waals surface area (Å²) >= 11 is 0. The quantitative estimate of drug-likeness (QED) is 0.841. The fourth-order valence-corrected chi connectivity index (χ4v) is 1.66. The Morgan fingerprint density at radius 3 is 2.56 bits per heavy atom. The van der Waals surface area contributed by atoms with Crippen LogP contribution in [0.4, 0.5) is 0 Å². The molecular formula is C12H14N4. The predicted octanol–water partition coefficient (Wildman–Crippen LogP) is 1.49. The van der Waals surface area contributed by atoms with Crippen LogP contribution in [0.3, 0.4) is 0 Å². The number of rotatable bonds is 3. The number of aryl methyl sites for hydroxylation is 1. The summed E-state index contributed by atoms with van der Waals surface area (Å²) in [6.45, 7) is 2.06. The molecule has 1 unspecified atom stereocenters. The van der Waals surface area contributed by atoms with Gasteiger partial charge in [0.2, 0.25) is 0 Å². The minimum absolute atomic E-state index is 0.00472. The zero-order valence-electron chi connectivity index (χ0n) is 9.38. The Hall–Kier alpha value is -1.81. The SMILES string of the molecule is CNC(c1ncccn1)c1cnccc1C. The molecule has 2 heterocycles. The highest BCUT2D eigenvalue weighted by atomic mass is 15.0. The van der Waals surface area contributed by atoms with Gasteiger partial charge in [-0.2, -0.15) is 0 Å². The van der Waals surface area contributed by atoms with Crippen LogP contribution in [-0.2, 0) is 0 Å². The van der Waals surface area contributed by atoms with Crippen molar-refractivity contribution in [1.82, 2.24) is 20.3 Å². The molecule has 0 aliphatic heterocycles. The lowest BCUT2D eigenvalue weighted by Crippen LogP contribution is -2.21. The Bertz CT molecular complexity index is 456. The summed E-state index contributed by atoms with van der Waals surface area (Å²) in [5.74, 6) is 0.765. The summed E-state index contributed by atoms with van der Waals surface area (Å²) in [4.78, 5) is 12.7. The molecule has 16 heavy (non-hydrogen) atoms. The molecule has 4 heteroatoms. The van der Waals surface area contributed by atoms with Gasteiger partial charge in [-0.1, -0.05) is 0 Å². The number of hydrogen-bond acceptors (Lipinski definition) is 4. The molecule has 0 amide bonds. The molecular weight excluding hydrogens is 200 g/mol. The van der Waals surface area contributed by atoms with Gasteiger partial charge >= 0.3 is 0 Å². The summed E-state index contributed by atoms with van der Waals surface area (Å²) in [5.41, 5.74) is 2.29. The van der Waals surface area contributed by atoms with Gasteiger partial charge in [0, 0.05) is 24.8 Å². The van der Waals surface area contributed by atoms with Gasteiger partial charge in [-0.3, -0.25) is 4.98 Å². The molecule has 2 aromatic heterocycles. The number of aromatic nitrogens is 3. The van der Waals surface area contributed by atoms with Crippen LogP contribution in [0.5, 0.6) is 0 Å². The molecule has 82 valence electrons. The van der Waals surface area contributed by atoms with Crippen molar-refractivity contribution in [3.05, 3.63) is 53.9 Å². The summed E-state index contributed by atoms with van der Waals surface area (Å²) < 4.78 is 0. The number of nitrogens with zero attached hydrogens (tertiary/aromatic N) is 3. The zero-order valence-corrected chi connectivity index (χ0v) is 9.38. The number of nitrogens with one attached hydrogen (secondary N) is 1. The Morgan fingerprint density at radius 1 is 1.19 bits per heavy atom. The second-order valence-corrected chi connectivity index (χ2v) is 3.56. The van der Waals surface area contributed by atoms with Crippen molar-refractivity contribution < 1.29 is 0 Å². The lowest BCUT2D eigenvalue weighted by atomic mass is 10.0. The van der Waals surface area contributed by atoms with Gasteiger partial charge in [-0.25, -0.2) is 9.97 Å². The summed E-state index contributed by atoms with van der Waals surface area (Å²) in [7, 11) is 1.90. The Labute approximate surface area is 94.8 Å². The molecule has 0 radical (unpaired) electrons. The third-order valence-electron chi connectivity index (χ3n) is 2.52. The van der Waals surface area contributed by atoms with E-state index in [0.717, 1.165) is 11.4 Å². The van der Waals surface area contributed by atoms with Crippen molar-refractivity contribution in [2.45, 2.75) is 13.0 Å². The van der Waals surface area contributed by atoms with E-state index in [1.807, 2.05) is 25.4 Å². The van der Waals surface area contributed by atoms with Gasteiger partial charge in [0.05, 0.1) is 6.04 Å². The standard InChI is InChI=1S/C12H14N4/c1-9-4-7-14-8-10(9)11(13-2)12-15-5-3-6-16-12/h3-8,11,13H,1-2H3. The first-order valence-corrected chi connectivity index (χ1v) is 5.17. The lowest BCUT2D eigenvalue weighted by molar-refractivity contribution is 0.640. The van der Waals surface area contributed by atoms with Crippen LogP contribution in [0.1, 0.15) is 23.0 Å². The molecule has 0 fully saturated rings. The Kier molecular flexibility index (Phi) is 3.22. The molecule has 0 bridgehead atoms. The zero-order chi connectivity index (χ0) is 11.4. The fourth-order valence-electron chi connectivity index (χ4n) is 1.66. The van der Waals surface area contributed by atoms with Gasteiger partial charge in [-0.15, -0.1) is 0 Å². The number of pyridine rings is 1. The molecule has 0 spiro atoms. The molecule has 0 aliphatic rings. The van der Waals surface area contributed by atoms with E-state index in [1.165, 1.54) is 5.56 Å². The molecule has 1 atom stereocenters. The van der Waals surface area contributed by atoms with E-state index < -0.39 is 0 Å². The average molecular weight is 214 g/mol. The van der Waals surface area contributed by atoms with E-state index in [0.29, 0.717) is 0 Å². The summed E-state index contributed by atoms with van der Waals surface area (Å²) in [6, 6.07) is 3.80. The molecule has 2 aromatic rings. The van der Waals surface area contributed by atoms with Crippen LogP contribution in [0.2, 0.25) is 0 Å². The smallest absolute Gasteiger partial charge is 0.149 e. The first-order chi connectivity index (χ1) is 7.83. The van der Waals surface area contributed by atoms with E-state index >= 15 is 0 Å². The van der Waals surface area contributed by atoms with Crippen molar-refractivity contribution in [2.75, 3.05) is 7.05 Å². The molecule has 0 aliphatic carbocycles. The molecule has 0 aromatic carbocycles. The maximum Gasteiger partial charge on any atom is 0.149 e. The second-order valence-electron chi connectivity index (χ2n) is 3.56. The molecule has 0 saturated heterocycles. The van der Waals surface area contributed by atoms with Crippen LogP contribution in [0.25, 0.3) is 0 Å². The van der Waals surface area contributed by atoms with Crippen molar-refractivity contribution in [2.24, 2.45) is 0 Å². The van der Waals surface area contributed by atoms with Gasteiger partial charge in [0.1, 0.15) is 5.82 Å².